The standard InChI is InChI=1S/C23H31N3O/c1-17(2)10-9-11-19(5)14-15-24-23(27)22-16-21(18(3)4)25-26(22)20-12-7-6-8-13-20/h6-8,10,12-14,16,18H,9,11,15H2,1-5H3,(H,24,27)/b19-14+. The third-order valence-electron chi connectivity index (χ3n) is 4.36. The van der Waals surface area contributed by atoms with Crippen molar-refractivity contribution >= 4 is 5.91 Å². The maximum Gasteiger partial charge on any atom is 0.270 e. The molecule has 0 radical (unpaired) electrons. The van der Waals surface area contributed by atoms with Crippen molar-refractivity contribution in [1.29, 1.82) is 0 Å². The normalized spacial score (nSPS) is 11.6. The van der Waals surface area contributed by atoms with Gasteiger partial charge in [-0.1, -0.05) is 55.3 Å². The van der Waals surface area contributed by atoms with Crippen molar-refractivity contribution < 1.29 is 4.79 Å². The van der Waals surface area contributed by atoms with E-state index >= 15 is 0 Å². The van der Waals surface area contributed by atoms with Gasteiger partial charge in [-0.2, -0.15) is 5.10 Å². The van der Waals surface area contributed by atoms with E-state index in [0.29, 0.717) is 12.2 Å². The number of allylic oxidation sites excluding steroid dienone is 3. The summed E-state index contributed by atoms with van der Waals surface area (Å²) in [5.74, 6) is 0.158. The van der Waals surface area contributed by atoms with Crippen LogP contribution in [0.2, 0.25) is 0 Å². The zero-order valence-electron chi connectivity index (χ0n) is 17.1. The van der Waals surface area contributed by atoms with Crippen molar-refractivity contribution in [3.05, 3.63) is 71.1 Å². The molecule has 1 aromatic heterocycles. The fraction of sp³-hybridized carbons (Fsp3) is 0.391. The van der Waals surface area contributed by atoms with Crippen LogP contribution in [-0.2, 0) is 0 Å². The molecule has 27 heavy (non-hydrogen) atoms. The maximum absolute atomic E-state index is 12.7. The van der Waals surface area contributed by atoms with Crippen LogP contribution in [0, 0.1) is 0 Å². The summed E-state index contributed by atoms with van der Waals surface area (Å²) in [6.45, 7) is 11.0. The lowest BCUT2D eigenvalue weighted by Gasteiger charge is -2.07. The van der Waals surface area contributed by atoms with Gasteiger partial charge in [0.1, 0.15) is 5.69 Å². The molecule has 0 bridgehead atoms. The van der Waals surface area contributed by atoms with Gasteiger partial charge in [-0.25, -0.2) is 4.68 Å². The topological polar surface area (TPSA) is 46.9 Å². The van der Waals surface area contributed by atoms with Crippen LogP contribution in [0.1, 0.15) is 69.6 Å². The van der Waals surface area contributed by atoms with E-state index in [2.05, 4.69) is 57.2 Å². The molecule has 0 aliphatic rings. The average molecular weight is 366 g/mol. The van der Waals surface area contributed by atoms with Gasteiger partial charge in [-0.05, 0) is 57.7 Å². The molecule has 1 N–H and O–H groups in total. The molecule has 4 nitrogen and oxygen atoms in total. The van der Waals surface area contributed by atoms with Gasteiger partial charge < -0.3 is 5.32 Å². The largest absolute Gasteiger partial charge is 0.347 e. The predicted octanol–water partition coefficient (Wildman–Crippen LogP) is 5.42. The Morgan fingerprint density at radius 1 is 1.15 bits per heavy atom. The number of carbonyl (C=O) groups is 1. The summed E-state index contributed by atoms with van der Waals surface area (Å²) >= 11 is 0. The number of amides is 1. The van der Waals surface area contributed by atoms with Crippen molar-refractivity contribution in [2.24, 2.45) is 0 Å². The number of aromatic nitrogens is 2. The Bertz CT molecular complexity index is 809. The lowest BCUT2D eigenvalue weighted by atomic mass is 10.1. The molecule has 1 aromatic carbocycles. The van der Waals surface area contributed by atoms with Crippen LogP contribution in [-0.4, -0.2) is 22.2 Å². The summed E-state index contributed by atoms with van der Waals surface area (Å²) in [5, 5.41) is 7.64. The first-order chi connectivity index (χ1) is 12.9. The van der Waals surface area contributed by atoms with E-state index in [1.165, 1.54) is 11.1 Å². The Kier molecular flexibility index (Phi) is 7.59. The molecule has 1 amide bonds. The number of para-hydroxylation sites is 1. The molecule has 0 unspecified atom stereocenters. The van der Waals surface area contributed by atoms with Crippen LogP contribution < -0.4 is 5.32 Å². The molecule has 0 atom stereocenters. The quantitative estimate of drug-likeness (QED) is 0.635. The first-order valence-electron chi connectivity index (χ1n) is 9.61. The SMILES string of the molecule is CC(C)=CCC/C(C)=C/CNC(=O)c1cc(C(C)C)nn1-c1ccccc1. The second-order valence-corrected chi connectivity index (χ2v) is 7.44. The fourth-order valence-electron chi connectivity index (χ4n) is 2.71. The smallest absolute Gasteiger partial charge is 0.270 e. The summed E-state index contributed by atoms with van der Waals surface area (Å²) < 4.78 is 1.73. The van der Waals surface area contributed by atoms with Gasteiger partial charge >= 0.3 is 0 Å². The Morgan fingerprint density at radius 2 is 1.85 bits per heavy atom. The summed E-state index contributed by atoms with van der Waals surface area (Å²) in [6, 6.07) is 11.7. The highest BCUT2D eigenvalue weighted by atomic mass is 16.2. The molecule has 0 aliphatic carbocycles. The van der Waals surface area contributed by atoms with E-state index in [1.807, 2.05) is 36.4 Å². The van der Waals surface area contributed by atoms with Gasteiger partial charge in [0.25, 0.3) is 5.91 Å². The second-order valence-electron chi connectivity index (χ2n) is 7.44. The molecular weight excluding hydrogens is 334 g/mol. The Labute approximate surface area is 163 Å². The van der Waals surface area contributed by atoms with Gasteiger partial charge in [0.2, 0.25) is 0 Å². The van der Waals surface area contributed by atoms with Gasteiger partial charge in [-0.15, -0.1) is 0 Å². The Hall–Kier alpha value is -2.62. The zero-order chi connectivity index (χ0) is 19.8. The maximum atomic E-state index is 12.7. The summed E-state index contributed by atoms with van der Waals surface area (Å²) in [7, 11) is 0. The van der Waals surface area contributed by atoms with Crippen LogP contribution in [0.4, 0.5) is 0 Å². The average Bonchev–Trinajstić information content (AvgIpc) is 3.08. The zero-order valence-corrected chi connectivity index (χ0v) is 17.1. The Morgan fingerprint density at radius 3 is 2.48 bits per heavy atom. The number of hydrogen-bond acceptors (Lipinski definition) is 2. The predicted molar refractivity (Wildman–Crippen MR) is 112 cm³/mol. The number of benzene rings is 1. The van der Waals surface area contributed by atoms with Crippen molar-refractivity contribution in [3.8, 4) is 5.69 Å². The van der Waals surface area contributed by atoms with Crippen LogP contribution in [0.15, 0.2) is 59.7 Å². The van der Waals surface area contributed by atoms with Crippen molar-refractivity contribution in [1.82, 2.24) is 15.1 Å². The van der Waals surface area contributed by atoms with Crippen LogP contribution >= 0.6 is 0 Å². The fourth-order valence-corrected chi connectivity index (χ4v) is 2.71. The number of nitrogens with one attached hydrogen (secondary N) is 1. The molecule has 1 heterocycles. The summed E-state index contributed by atoms with van der Waals surface area (Å²) in [4.78, 5) is 12.7. The van der Waals surface area contributed by atoms with E-state index in [4.69, 9.17) is 0 Å². The van der Waals surface area contributed by atoms with E-state index in [-0.39, 0.29) is 11.8 Å². The summed E-state index contributed by atoms with van der Waals surface area (Å²) in [6.07, 6.45) is 6.38. The number of hydrogen-bond donors (Lipinski definition) is 1. The van der Waals surface area contributed by atoms with Crippen molar-refractivity contribution in [2.45, 2.75) is 53.4 Å². The molecule has 4 heteroatoms. The highest BCUT2D eigenvalue weighted by Crippen LogP contribution is 2.18. The number of carbonyl (C=O) groups excluding carboxylic acids is 1. The van der Waals surface area contributed by atoms with Crippen LogP contribution in [0.3, 0.4) is 0 Å². The molecule has 0 spiro atoms. The molecular formula is C23H31N3O. The minimum absolute atomic E-state index is 0.105. The van der Waals surface area contributed by atoms with Gasteiger partial charge in [0.05, 0.1) is 11.4 Å². The third kappa shape index (κ3) is 6.24. The number of rotatable bonds is 8. The molecule has 2 rings (SSSR count). The molecule has 144 valence electrons. The highest BCUT2D eigenvalue weighted by molar-refractivity contribution is 5.93. The van der Waals surface area contributed by atoms with Crippen LogP contribution in [0.5, 0.6) is 0 Å². The van der Waals surface area contributed by atoms with Crippen LogP contribution in [0.25, 0.3) is 5.69 Å². The third-order valence-corrected chi connectivity index (χ3v) is 4.36. The molecule has 0 fully saturated rings. The number of nitrogens with zero attached hydrogens (tertiary/aromatic N) is 2. The first-order valence-corrected chi connectivity index (χ1v) is 9.61. The van der Waals surface area contributed by atoms with E-state index < -0.39 is 0 Å². The lowest BCUT2D eigenvalue weighted by Crippen LogP contribution is -2.26. The lowest BCUT2D eigenvalue weighted by molar-refractivity contribution is 0.0950. The van der Waals surface area contributed by atoms with E-state index in [9.17, 15) is 4.79 Å². The van der Waals surface area contributed by atoms with Gasteiger partial charge in [-0.3, -0.25) is 4.79 Å². The van der Waals surface area contributed by atoms with E-state index in [0.717, 1.165) is 24.2 Å². The Balaban J connectivity index is 2.08. The van der Waals surface area contributed by atoms with E-state index in [1.54, 1.807) is 4.68 Å². The molecule has 0 saturated carbocycles. The minimum Gasteiger partial charge on any atom is -0.347 e. The second kappa shape index (κ2) is 9.91. The minimum atomic E-state index is -0.105. The molecule has 0 aliphatic heterocycles. The monoisotopic (exact) mass is 365 g/mol. The van der Waals surface area contributed by atoms with Gasteiger partial charge in [0, 0.05) is 6.54 Å². The molecule has 2 aromatic rings. The summed E-state index contributed by atoms with van der Waals surface area (Å²) in [5.41, 5.74) is 5.00. The first kappa shape index (κ1) is 20.7. The van der Waals surface area contributed by atoms with Crippen molar-refractivity contribution in [3.63, 3.8) is 0 Å². The van der Waals surface area contributed by atoms with Crippen molar-refractivity contribution in [2.75, 3.05) is 6.54 Å². The van der Waals surface area contributed by atoms with Gasteiger partial charge in [0.15, 0.2) is 0 Å². The highest BCUT2D eigenvalue weighted by Gasteiger charge is 2.17. The molecule has 0 saturated heterocycles.